The van der Waals surface area contributed by atoms with Gasteiger partial charge in [0.15, 0.2) is 0 Å². The van der Waals surface area contributed by atoms with Crippen molar-refractivity contribution in [3.8, 4) is 5.75 Å². The van der Waals surface area contributed by atoms with Crippen molar-refractivity contribution in [3.05, 3.63) is 89.5 Å². The van der Waals surface area contributed by atoms with Crippen molar-refractivity contribution in [2.24, 2.45) is 5.92 Å². The summed E-state index contributed by atoms with van der Waals surface area (Å²) in [5.74, 6) is -1.80. The highest BCUT2D eigenvalue weighted by Gasteiger charge is 2.38. The number of likely N-dealkylation sites (N-methyl/N-ethyl adjacent to an activating group) is 1. The fourth-order valence-electron chi connectivity index (χ4n) is 4.48. The first kappa shape index (κ1) is 30.2. The first-order valence-electron chi connectivity index (χ1n) is 13.1. The third-order valence-corrected chi connectivity index (χ3v) is 8.95. The quantitative estimate of drug-likeness (QED) is 0.378. The highest BCUT2D eigenvalue weighted by molar-refractivity contribution is 7.89. The average molecular weight is 586 g/mol. The van der Waals surface area contributed by atoms with Crippen LogP contribution in [0.15, 0.2) is 71.6 Å². The van der Waals surface area contributed by atoms with Gasteiger partial charge in [0.25, 0.3) is 0 Å². The Bertz CT molecular complexity index is 1520. The third kappa shape index (κ3) is 7.10. The topological polar surface area (TPSA) is 99.2 Å². The maximum atomic E-state index is 14.1. The van der Waals surface area contributed by atoms with Gasteiger partial charge in [0.1, 0.15) is 28.4 Å². The first-order valence-corrected chi connectivity index (χ1v) is 14.6. The van der Waals surface area contributed by atoms with Crippen LogP contribution in [0.4, 0.5) is 19.3 Å². The number of hydrogen-bond acceptors (Lipinski definition) is 5. The first-order chi connectivity index (χ1) is 19.5. The molecular weight excluding hydrogens is 552 g/mol. The molecule has 0 saturated carbocycles. The van der Waals surface area contributed by atoms with Crippen LogP contribution in [0.3, 0.4) is 0 Å². The fourth-order valence-corrected chi connectivity index (χ4v) is 6.30. The van der Waals surface area contributed by atoms with Gasteiger partial charge in [0.2, 0.25) is 10.0 Å². The monoisotopic (exact) mass is 585 g/mol. The maximum Gasteiger partial charge on any atom is 0.321 e. The molecule has 3 aromatic rings. The standard InChI is InChI=1S/C30H33F2N3O5S/c1-20-17-35(21(2)19-36)41(38,39)29-14-11-23(10-9-22-7-5-4-6-8-22)15-27(29)40-28(20)18-34(3)30(37)33-26-16-24(31)12-13-25(26)32/h4-16,20-21,28,36H,17-19H2,1-3H3,(H,33,37)/t20-,21-,28-/m0/s1. The van der Waals surface area contributed by atoms with Gasteiger partial charge in [0.05, 0.1) is 18.8 Å². The summed E-state index contributed by atoms with van der Waals surface area (Å²) in [7, 11) is -2.56. The summed E-state index contributed by atoms with van der Waals surface area (Å²) in [6.07, 6.45) is 3.05. The Kier molecular flexibility index (Phi) is 9.42. The lowest BCUT2D eigenvalue weighted by Crippen LogP contribution is -2.50. The van der Waals surface area contributed by atoms with Crippen molar-refractivity contribution in [1.82, 2.24) is 9.21 Å². The molecule has 2 N–H and O–H groups in total. The molecule has 3 atom stereocenters. The molecule has 0 fully saturated rings. The van der Waals surface area contributed by atoms with Gasteiger partial charge in [-0.25, -0.2) is 22.0 Å². The predicted octanol–water partition coefficient (Wildman–Crippen LogP) is 5.07. The Balaban J connectivity index is 1.65. The maximum absolute atomic E-state index is 14.1. The number of amides is 2. The number of nitrogens with zero attached hydrogens (tertiary/aromatic N) is 2. The number of halogens is 2. The second-order valence-corrected chi connectivity index (χ2v) is 12.0. The zero-order chi connectivity index (χ0) is 29.7. The number of carbonyl (C=O) groups is 1. The van der Waals surface area contributed by atoms with Crippen molar-refractivity contribution >= 4 is 33.9 Å². The molecule has 0 aliphatic carbocycles. The summed E-state index contributed by atoms with van der Waals surface area (Å²) in [5, 5.41) is 12.2. The van der Waals surface area contributed by atoms with E-state index in [0.717, 1.165) is 23.8 Å². The van der Waals surface area contributed by atoms with E-state index in [9.17, 15) is 27.1 Å². The zero-order valence-corrected chi connectivity index (χ0v) is 23.8. The number of urea groups is 1. The van der Waals surface area contributed by atoms with Gasteiger partial charge in [0, 0.05) is 31.6 Å². The summed E-state index contributed by atoms with van der Waals surface area (Å²) >= 11 is 0. The number of aliphatic hydroxyl groups excluding tert-OH is 1. The SMILES string of the molecule is C[C@H]1CN([C@@H](C)CO)S(=O)(=O)c2ccc(C=Cc3ccccc3)cc2O[C@H]1CN(C)C(=O)Nc1cc(F)ccc1F. The number of aliphatic hydroxyl groups is 1. The molecule has 41 heavy (non-hydrogen) atoms. The number of carbonyl (C=O) groups excluding carboxylic acids is 1. The van der Waals surface area contributed by atoms with Crippen LogP contribution < -0.4 is 10.1 Å². The van der Waals surface area contributed by atoms with E-state index in [0.29, 0.717) is 5.56 Å². The molecule has 0 aromatic heterocycles. The van der Waals surface area contributed by atoms with E-state index in [1.54, 1.807) is 26.0 Å². The Morgan fingerprint density at radius 3 is 2.54 bits per heavy atom. The predicted molar refractivity (Wildman–Crippen MR) is 154 cm³/mol. The number of fused-ring (bicyclic) bond motifs is 1. The van der Waals surface area contributed by atoms with Crippen LogP contribution in [0.2, 0.25) is 0 Å². The number of hydrogen-bond donors (Lipinski definition) is 2. The molecule has 0 spiro atoms. The van der Waals surface area contributed by atoms with E-state index in [2.05, 4.69) is 5.32 Å². The summed E-state index contributed by atoms with van der Waals surface area (Å²) < 4.78 is 62.6. The third-order valence-electron chi connectivity index (χ3n) is 6.93. The number of benzene rings is 3. The molecule has 11 heteroatoms. The van der Waals surface area contributed by atoms with Gasteiger partial charge >= 0.3 is 6.03 Å². The van der Waals surface area contributed by atoms with Crippen LogP contribution in [0, 0.1) is 17.6 Å². The zero-order valence-electron chi connectivity index (χ0n) is 23.0. The summed E-state index contributed by atoms with van der Waals surface area (Å²) in [6.45, 7) is 3.06. The molecule has 0 saturated heterocycles. The molecule has 1 aliphatic heterocycles. The van der Waals surface area contributed by atoms with Crippen molar-refractivity contribution in [2.45, 2.75) is 30.9 Å². The molecule has 3 aromatic carbocycles. The molecule has 0 unspecified atom stereocenters. The van der Waals surface area contributed by atoms with Gasteiger partial charge in [-0.3, -0.25) is 0 Å². The Labute approximate surface area is 238 Å². The highest BCUT2D eigenvalue weighted by Crippen LogP contribution is 2.34. The molecule has 1 heterocycles. The van der Waals surface area contributed by atoms with E-state index in [-0.39, 0.29) is 36.0 Å². The second kappa shape index (κ2) is 12.8. The van der Waals surface area contributed by atoms with Crippen LogP contribution in [0.5, 0.6) is 5.75 Å². The summed E-state index contributed by atoms with van der Waals surface area (Å²) in [5.41, 5.74) is 1.36. The van der Waals surface area contributed by atoms with Crippen molar-refractivity contribution < 1.29 is 31.8 Å². The molecular formula is C30H33F2N3O5S. The molecule has 8 nitrogen and oxygen atoms in total. The Morgan fingerprint density at radius 2 is 1.83 bits per heavy atom. The van der Waals surface area contributed by atoms with E-state index < -0.39 is 45.8 Å². The lowest BCUT2D eigenvalue weighted by Gasteiger charge is -2.37. The van der Waals surface area contributed by atoms with E-state index in [1.165, 1.54) is 22.3 Å². The minimum Gasteiger partial charge on any atom is -0.487 e. The molecule has 0 bridgehead atoms. The van der Waals surface area contributed by atoms with Crippen molar-refractivity contribution in [3.63, 3.8) is 0 Å². The van der Waals surface area contributed by atoms with Crippen molar-refractivity contribution in [1.29, 1.82) is 0 Å². The molecule has 4 rings (SSSR count). The normalized spacial score (nSPS) is 19.5. The van der Waals surface area contributed by atoms with E-state index >= 15 is 0 Å². The highest BCUT2D eigenvalue weighted by atomic mass is 32.2. The van der Waals surface area contributed by atoms with Crippen LogP contribution in [0.25, 0.3) is 12.2 Å². The summed E-state index contributed by atoms with van der Waals surface area (Å²) in [4.78, 5) is 14.1. The van der Waals surface area contributed by atoms with Gasteiger partial charge in [-0.1, -0.05) is 55.5 Å². The molecule has 218 valence electrons. The van der Waals surface area contributed by atoms with Crippen molar-refractivity contribution in [2.75, 3.05) is 32.1 Å². The van der Waals surface area contributed by atoms with Gasteiger partial charge in [-0.2, -0.15) is 4.31 Å². The van der Waals surface area contributed by atoms with Crippen LogP contribution in [-0.2, 0) is 10.0 Å². The Morgan fingerprint density at radius 1 is 1.12 bits per heavy atom. The molecule has 1 aliphatic rings. The lowest BCUT2D eigenvalue weighted by molar-refractivity contribution is 0.0830. The smallest absolute Gasteiger partial charge is 0.321 e. The van der Waals surface area contributed by atoms with Crippen LogP contribution in [0.1, 0.15) is 25.0 Å². The minimum atomic E-state index is -4.03. The number of ether oxygens (including phenoxy) is 1. The lowest BCUT2D eigenvalue weighted by atomic mass is 10.0. The van der Waals surface area contributed by atoms with E-state index in [4.69, 9.17) is 4.74 Å². The van der Waals surface area contributed by atoms with Gasteiger partial charge in [-0.05, 0) is 42.3 Å². The number of anilines is 1. The minimum absolute atomic E-state index is 0.00878. The second-order valence-electron chi connectivity index (χ2n) is 10.1. The number of sulfonamides is 1. The van der Waals surface area contributed by atoms with Crippen LogP contribution >= 0.6 is 0 Å². The van der Waals surface area contributed by atoms with Gasteiger partial charge in [-0.15, -0.1) is 0 Å². The number of nitrogens with one attached hydrogen (secondary N) is 1. The number of rotatable bonds is 7. The fraction of sp³-hybridized carbons (Fsp3) is 0.300. The Hall–Kier alpha value is -3.80. The van der Waals surface area contributed by atoms with Gasteiger partial charge < -0.3 is 20.1 Å². The molecule has 0 radical (unpaired) electrons. The molecule has 2 amide bonds. The van der Waals surface area contributed by atoms with E-state index in [1.807, 2.05) is 42.5 Å². The summed E-state index contributed by atoms with van der Waals surface area (Å²) in [6, 6.07) is 15.7. The van der Waals surface area contributed by atoms with Crippen LogP contribution in [-0.4, -0.2) is 67.7 Å². The average Bonchev–Trinajstić information content (AvgIpc) is 2.95. The largest absolute Gasteiger partial charge is 0.487 e.